The molecule has 26 heavy (non-hydrogen) atoms. The van der Waals surface area contributed by atoms with Gasteiger partial charge in [0, 0.05) is 24.3 Å². The summed E-state index contributed by atoms with van der Waals surface area (Å²) in [4.78, 5) is 15.0. The molecule has 0 spiro atoms. The number of halogens is 1. The van der Waals surface area contributed by atoms with E-state index in [4.69, 9.17) is 16.3 Å². The van der Waals surface area contributed by atoms with Crippen molar-refractivity contribution >= 4 is 17.5 Å². The molecule has 1 amide bonds. The van der Waals surface area contributed by atoms with Gasteiger partial charge in [-0.05, 0) is 50.9 Å². The molecule has 7 heteroatoms. The van der Waals surface area contributed by atoms with E-state index >= 15 is 0 Å². The Labute approximate surface area is 158 Å². The number of ether oxygens (including phenoxy) is 1. The number of carbonyl (C=O) groups is 1. The zero-order valence-corrected chi connectivity index (χ0v) is 15.5. The van der Waals surface area contributed by atoms with E-state index in [2.05, 4.69) is 22.4 Å². The van der Waals surface area contributed by atoms with Crippen LogP contribution in [-0.4, -0.2) is 45.8 Å². The third-order valence-electron chi connectivity index (χ3n) is 5.50. The van der Waals surface area contributed by atoms with Gasteiger partial charge in [0.25, 0.3) is 5.91 Å². The molecular formula is C19H23ClN4O2. The molecule has 2 fully saturated rings. The highest BCUT2D eigenvalue weighted by molar-refractivity contribution is 6.32. The van der Waals surface area contributed by atoms with Crippen LogP contribution in [0.3, 0.4) is 0 Å². The van der Waals surface area contributed by atoms with Crippen molar-refractivity contribution in [1.29, 1.82) is 0 Å². The predicted octanol–water partition coefficient (Wildman–Crippen LogP) is 2.93. The Morgan fingerprint density at radius 3 is 2.73 bits per heavy atom. The summed E-state index contributed by atoms with van der Waals surface area (Å²) in [5.41, 5.74) is 0.416. The maximum atomic E-state index is 12.5. The minimum Gasteiger partial charge on any atom is -0.470 e. The second-order valence-corrected chi connectivity index (χ2v) is 7.54. The van der Waals surface area contributed by atoms with Crippen molar-refractivity contribution in [3.63, 3.8) is 0 Å². The fraction of sp³-hybridized carbons (Fsp3) is 0.474. The van der Waals surface area contributed by atoms with E-state index < -0.39 is 0 Å². The van der Waals surface area contributed by atoms with Crippen LogP contribution in [0.5, 0.6) is 5.75 Å². The van der Waals surface area contributed by atoms with Crippen LogP contribution in [0.25, 0.3) is 0 Å². The van der Waals surface area contributed by atoms with Crippen molar-refractivity contribution in [3.05, 3.63) is 47.2 Å². The van der Waals surface area contributed by atoms with Gasteiger partial charge < -0.3 is 15.0 Å². The lowest BCUT2D eigenvalue weighted by atomic mass is 9.98. The Hall–Kier alpha value is -2.05. The minimum atomic E-state index is -0.115. The van der Waals surface area contributed by atoms with Crippen molar-refractivity contribution in [2.75, 3.05) is 7.05 Å². The van der Waals surface area contributed by atoms with Gasteiger partial charge in [0.05, 0.1) is 5.02 Å². The molecule has 2 saturated heterocycles. The second kappa shape index (κ2) is 7.29. The van der Waals surface area contributed by atoms with Crippen LogP contribution < -0.4 is 10.1 Å². The third kappa shape index (κ3) is 3.57. The highest BCUT2D eigenvalue weighted by Crippen LogP contribution is 2.34. The normalized spacial score (nSPS) is 25.2. The fourth-order valence-corrected chi connectivity index (χ4v) is 4.23. The maximum absolute atomic E-state index is 12.5. The molecule has 0 saturated carbocycles. The van der Waals surface area contributed by atoms with Crippen LogP contribution in [0.1, 0.15) is 36.2 Å². The van der Waals surface area contributed by atoms with Crippen LogP contribution in [0, 0.1) is 0 Å². The second-order valence-electron chi connectivity index (χ2n) is 7.14. The number of hydrogen-bond acceptors (Lipinski definition) is 4. The molecule has 2 aliphatic heterocycles. The predicted molar refractivity (Wildman–Crippen MR) is 99.4 cm³/mol. The number of carbonyl (C=O) groups excluding carboxylic acids is 1. The molecule has 0 aliphatic carbocycles. The van der Waals surface area contributed by atoms with E-state index in [1.165, 1.54) is 12.8 Å². The molecule has 138 valence electrons. The molecule has 4 rings (SSSR count). The molecule has 1 aromatic carbocycles. The molecule has 2 unspecified atom stereocenters. The number of rotatable bonds is 5. The molecule has 2 bridgehead atoms. The molecule has 2 aromatic rings. The summed E-state index contributed by atoms with van der Waals surface area (Å²) in [6.07, 6.45) is 6.26. The summed E-state index contributed by atoms with van der Waals surface area (Å²) in [5, 5.41) is 8.02. The van der Waals surface area contributed by atoms with E-state index in [0.29, 0.717) is 28.5 Å². The van der Waals surface area contributed by atoms with E-state index in [-0.39, 0.29) is 18.7 Å². The Morgan fingerprint density at radius 1 is 1.27 bits per heavy atom. The molecular weight excluding hydrogens is 352 g/mol. The first-order valence-corrected chi connectivity index (χ1v) is 9.41. The van der Waals surface area contributed by atoms with Crippen LogP contribution in [0.15, 0.2) is 36.5 Å². The van der Waals surface area contributed by atoms with Crippen molar-refractivity contribution in [3.8, 4) is 5.75 Å². The summed E-state index contributed by atoms with van der Waals surface area (Å²) in [6, 6.07) is 10.4. The standard InChI is InChI=1S/C19H23ClN4O2/c1-23-14-6-7-15(23)11-13(10-14)21-19(25)17-8-9-24(22-17)12-26-18-5-3-2-4-16(18)20/h2-5,8-9,13-15H,6-7,10-12H2,1H3,(H,21,25). The topological polar surface area (TPSA) is 59.4 Å². The SMILES string of the molecule is CN1C2CCC1CC(NC(=O)c1ccn(COc3ccccc3Cl)n1)C2. The lowest BCUT2D eigenvalue weighted by Gasteiger charge is -2.36. The van der Waals surface area contributed by atoms with Crippen LogP contribution >= 0.6 is 11.6 Å². The highest BCUT2D eigenvalue weighted by atomic mass is 35.5. The van der Waals surface area contributed by atoms with Gasteiger partial charge in [0.1, 0.15) is 11.4 Å². The van der Waals surface area contributed by atoms with E-state index in [0.717, 1.165) is 12.8 Å². The number of para-hydroxylation sites is 1. The first-order valence-electron chi connectivity index (χ1n) is 9.04. The number of hydrogen-bond donors (Lipinski definition) is 1. The number of nitrogens with one attached hydrogen (secondary N) is 1. The largest absolute Gasteiger partial charge is 0.470 e. The fourth-order valence-electron chi connectivity index (χ4n) is 4.04. The molecule has 1 N–H and O–H groups in total. The molecule has 1 aromatic heterocycles. The summed E-state index contributed by atoms with van der Waals surface area (Å²) in [6.45, 7) is 0.204. The van der Waals surface area contributed by atoms with Gasteiger partial charge in [-0.2, -0.15) is 5.10 Å². The number of fused-ring (bicyclic) bond motifs is 2. The minimum absolute atomic E-state index is 0.115. The summed E-state index contributed by atoms with van der Waals surface area (Å²) >= 11 is 6.07. The summed E-state index contributed by atoms with van der Waals surface area (Å²) in [5.74, 6) is 0.480. The Morgan fingerprint density at radius 2 is 2.00 bits per heavy atom. The van der Waals surface area contributed by atoms with Gasteiger partial charge in [0.15, 0.2) is 6.73 Å². The van der Waals surface area contributed by atoms with Gasteiger partial charge in [-0.1, -0.05) is 23.7 Å². The molecule has 0 radical (unpaired) electrons. The lowest BCUT2D eigenvalue weighted by Crippen LogP contribution is -2.48. The van der Waals surface area contributed by atoms with Crippen LogP contribution in [0.2, 0.25) is 5.02 Å². The number of amides is 1. The number of aromatic nitrogens is 2. The number of piperidine rings is 1. The molecule has 6 nitrogen and oxygen atoms in total. The monoisotopic (exact) mass is 374 g/mol. The van der Waals surface area contributed by atoms with Crippen molar-refractivity contribution in [1.82, 2.24) is 20.0 Å². The first-order chi connectivity index (χ1) is 12.6. The Balaban J connectivity index is 1.33. The quantitative estimate of drug-likeness (QED) is 0.874. The molecule has 2 aliphatic rings. The van der Waals surface area contributed by atoms with Gasteiger partial charge in [-0.25, -0.2) is 4.68 Å². The van der Waals surface area contributed by atoms with Crippen molar-refractivity contribution < 1.29 is 9.53 Å². The van der Waals surface area contributed by atoms with Crippen molar-refractivity contribution in [2.45, 2.75) is 50.5 Å². The Kier molecular flexibility index (Phi) is 4.87. The van der Waals surface area contributed by atoms with Gasteiger partial charge >= 0.3 is 0 Å². The average molecular weight is 375 g/mol. The Bertz CT molecular complexity index is 779. The van der Waals surface area contributed by atoms with Gasteiger partial charge in [0.2, 0.25) is 0 Å². The van der Waals surface area contributed by atoms with Crippen molar-refractivity contribution in [2.24, 2.45) is 0 Å². The maximum Gasteiger partial charge on any atom is 0.271 e. The van der Waals surface area contributed by atoms with Crippen LogP contribution in [0.4, 0.5) is 0 Å². The van der Waals surface area contributed by atoms with Gasteiger partial charge in [-0.15, -0.1) is 0 Å². The first kappa shape index (κ1) is 17.4. The van der Waals surface area contributed by atoms with E-state index in [1.807, 2.05) is 12.1 Å². The third-order valence-corrected chi connectivity index (χ3v) is 5.81. The van der Waals surface area contributed by atoms with E-state index in [1.54, 1.807) is 29.1 Å². The van der Waals surface area contributed by atoms with Crippen LogP contribution in [-0.2, 0) is 6.73 Å². The summed E-state index contributed by atoms with van der Waals surface area (Å²) in [7, 11) is 2.20. The molecule has 3 heterocycles. The highest BCUT2D eigenvalue weighted by Gasteiger charge is 2.38. The zero-order valence-electron chi connectivity index (χ0n) is 14.8. The number of nitrogens with zero attached hydrogens (tertiary/aromatic N) is 3. The van der Waals surface area contributed by atoms with Gasteiger partial charge in [-0.3, -0.25) is 4.79 Å². The zero-order chi connectivity index (χ0) is 18.1. The molecule has 2 atom stereocenters. The smallest absolute Gasteiger partial charge is 0.271 e. The number of benzene rings is 1. The summed E-state index contributed by atoms with van der Waals surface area (Å²) < 4.78 is 7.24. The van der Waals surface area contributed by atoms with E-state index in [9.17, 15) is 4.79 Å². The average Bonchev–Trinajstić information content (AvgIpc) is 3.16. The lowest BCUT2D eigenvalue weighted by molar-refractivity contribution is 0.0875.